The van der Waals surface area contributed by atoms with Crippen molar-refractivity contribution in [2.75, 3.05) is 0 Å². The molecule has 0 bridgehead atoms. The lowest BCUT2D eigenvalue weighted by Gasteiger charge is -2.29. The normalized spacial score (nSPS) is 12.1. The van der Waals surface area contributed by atoms with E-state index in [4.69, 9.17) is 0 Å². The molecule has 0 heterocycles. The molecule has 0 fully saturated rings. The average molecular weight is 210 g/mol. The van der Waals surface area contributed by atoms with Crippen molar-refractivity contribution in [1.82, 2.24) is 0 Å². The zero-order valence-electron chi connectivity index (χ0n) is 11.3. The molecule has 0 rings (SSSR count). The van der Waals surface area contributed by atoms with Crippen molar-refractivity contribution in [2.45, 2.75) is 72.6 Å². The largest absolute Gasteiger partial charge is 0.103 e. The highest BCUT2D eigenvalue weighted by Crippen LogP contribution is 2.32. The molecule has 0 aromatic rings. The van der Waals surface area contributed by atoms with Gasteiger partial charge in [-0.3, -0.25) is 0 Å². The topological polar surface area (TPSA) is 0 Å². The summed E-state index contributed by atoms with van der Waals surface area (Å²) in [6.45, 7) is 13.2. The first-order valence-corrected chi connectivity index (χ1v) is 6.61. The van der Waals surface area contributed by atoms with E-state index in [1.807, 2.05) is 6.08 Å². The first-order chi connectivity index (χ1) is 7.00. The SMILES string of the molecule is C=CCCCCCCCC(C)(C)C(C)C. The lowest BCUT2D eigenvalue weighted by Crippen LogP contribution is -2.18. The summed E-state index contributed by atoms with van der Waals surface area (Å²) in [5, 5.41) is 0. The predicted octanol–water partition coefficient (Wildman–Crippen LogP) is 5.59. The number of hydrogen-bond donors (Lipinski definition) is 0. The summed E-state index contributed by atoms with van der Waals surface area (Å²) >= 11 is 0. The van der Waals surface area contributed by atoms with Gasteiger partial charge >= 0.3 is 0 Å². The highest BCUT2D eigenvalue weighted by atomic mass is 14.3. The lowest BCUT2D eigenvalue weighted by molar-refractivity contribution is 0.221. The monoisotopic (exact) mass is 210 g/mol. The van der Waals surface area contributed by atoms with Gasteiger partial charge in [-0.25, -0.2) is 0 Å². The summed E-state index contributed by atoms with van der Waals surface area (Å²) in [6, 6.07) is 0. The standard InChI is InChI=1S/C15H30/c1-6-7-8-9-10-11-12-13-15(4,5)14(2)3/h6,14H,1,7-13H2,2-5H3. The van der Waals surface area contributed by atoms with Gasteiger partial charge in [0.05, 0.1) is 0 Å². The van der Waals surface area contributed by atoms with Gasteiger partial charge in [-0.05, 0) is 30.6 Å². The van der Waals surface area contributed by atoms with E-state index < -0.39 is 0 Å². The molecular formula is C15H30. The van der Waals surface area contributed by atoms with Crippen LogP contribution in [0.1, 0.15) is 72.6 Å². The van der Waals surface area contributed by atoms with E-state index in [1.165, 1.54) is 44.9 Å². The minimum absolute atomic E-state index is 0.529. The molecule has 0 amide bonds. The molecule has 0 spiro atoms. The van der Waals surface area contributed by atoms with Crippen molar-refractivity contribution in [2.24, 2.45) is 11.3 Å². The summed E-state index contributed by atoms with van der Waals surface area (Å²) in [6.07, 6.45) is 11.5. The van der Waals surface area contributed by atoms with Crippen LogP contribution < -0.4 is 0 Å². The summed E-state index contributed by atoms with van der Waals surface area (Å²) in [5.74, 6) is 0.804. The molecule has 90 valence electrons. The van der Waals surface area contributed by atoms with E-state index in [2.05, 4.69) is 34.3 Å². The third-order valence-electron chi connectivity index (χ3n) is 3.79. The molecule has 0 saturated heterocycles. The van der Waals surface area contributed by atoms with Gasteiger partial charge < -0.3 is 0 Å². The van der Waals surface area contributed by atoms with Crippen molar-refractivity contribution in [3.63, 3.8) is 0 Å². The maximum absolute atomic E-state index is 3.75. The minimum atomic E-state index is 0.529. The molecule has 0 aromatic carbocycles. The maximum Gasteiger partial charge on any atom is -0.0331 e. The number of unbranched alkanes of at least 4 members (excludes halogenated alkanes) is 5. The van der Waals surface area contributed by atoms with Crippen LogP contribution in [0.2, 0.25) is 0 Å². The molecule has 0 aromatic heterocycles. The van der Waals surface area contributed by atoms with Crippen LogP contribution in [0, 0.1) is 11.3 Å². The van der Waals surface area contributed by atoms with E-state index in [0.29, 0.717) is 5.41 Å². The Morgan fingerprint density at radius 3 is 2.07 bits per heavy atom. The number of rotatable bonds is 9. The highest BCUT2D eigenvalue weighted by molar-refractivity contribution is 4.72. The minimum Gasteiger partial charge on any atom is -0.103 e. The van der Waals surface area contributed by atoms with Gasteiger partial charge in [0.2, 0.25) is 0 Å². The molecule has 0 aliphatic carbocycles. The Bertz CT molecular complexity index is 153. The zero-order valence-corrected chi connectivity index (χ0v) is 11.3. The number of hydrogen-bond acceptors (Lipinski definition) is 0. The fraction of sp³-hybridized carbons (Fsp3) is 0.867. The second kappa shape index (κ2) is 7.96. The van der Waals surface area contributed by atoms with Crippen LogP contribution in [0.25, 0.3) is 0 Å². The summed E-state index contributed by atoms with van der Waals surface area (Å²) in [5.41, 5.74) is 0.529. The Labute approximate surface area is 97.2 Å². The van der Waals surface area contributed by atoms with Crippen LogP contribution in [-0.2, 0) is 0 Å². The molecule has 0 atom stereocenters. The molecule has 0 saturated carbocycles. The molecule has 0 unspecified atom stereocenters. The quantitative estimate of drug-likeness (QED) is 0.344. The second-order valence-electron chi connectivity index (χ2n) is 5.74. The van der Waals surface area contributed by atoms with Crippen LogP contribution >= 0.6 is 0 Å². The van der Waals surface area contributed by atoms with Crippen LogP contribution in [0.5, 0.6) is 0 Å². The predicted molar refractivity (Wildman–Crippen MR) is 71.1 cm³/mol. The number of allylic oxidation sites excluding steroid dienone is 1. The Hall–Kier alpha value is -0.260. The first-order valence-electron chi connectivity index (χ1n) is 6.61. The van der Waals surface area contributed by atoms with E-state index in [-0.39, 0.29) is 0 Å². The van der Waals surface area contributed by atoms with Crippen molar-refractivity contribution in [3.05, 3.63) is 12.7 Å². The van der Waals surface area contributed by atoms with E-state index in [0.717, 1.165) is 5.92 Å². The van der Waals surface area contributed by atoms with Crippen molar-refractivity contribution >= 4 is 0 Å². The third-order valence-corrected chi connectivity index (χ3v) is 3.79. The van der Waals surface area contributed by atoms with E-state index >= 15 is 0 Å². The summed E-state index contributed by atoms with van der Waals surface area (Å²) in [7, 11) is 0. The maximum atomic E-state index is 3.75. The van der Waals surface area contributed by atoms with Gasteiger partial charge in [0.25, 0.3) is 0 Å². The van der Waals surface area contributed by atoms with Crippen molar-refractivity contribution < 1.29 is 0 Å². The smallest absolute Gasteiger partial charge is 0.0331 e. The van der Waals surface area contributed by atoms with Crippen molar-refractivity contribution in [1.29, 1.82) is 0 Å². The molecule has 0 N–H and O–H groups in total. The highest BCUT2D eigenvalue weighted by Gasteiger charge is 2.20. The van der Waals surface area contributed by atoms with Crippen LogP contribution in [0.3, 0.4) is 0 Å². The molecule has 0 heteroatoms. The van der Waals surface area contributed by atoms with Gasteiger partial charge in [-0.15, -0.1) is 6.58 Å². The third kappa shape index (κ3) is 7.64. The fourth-order valence-corrected chi connectivity index (χ4v) is 1.69. The Balaban J connectivity index is 3.34. The van der Waals surface area contributed by atoms with Crippen LogP contribution in [0.4, 0.5) is 0 Å². The van der Waals surface area contributed by atoms with Crippen molar-refractivity contribution in [3.8, 4) is 0 Å². The second-order valence-corrected chi connectivity index (χ2v) is 5.74. The van der Waals surface area contributed by atoms with Gasteiger partial charge in [0, 0.05) is 0 Å². The van der Waals surface area contributed by atoms with Crippen LogP contribution in [-0.4, -0.2) is 0 Å². The van der Waals surface area contributed by atoms with Crippen LogP contribution in [0.15, 0.2) is 12.7 Å². The van der Waals surface area contributed by atoms with Gasteiger partial charge in [-0.2, -0.15) is 0 Å². The van der Waals surface area contributed by atoms with Gasteiger partial charge in [0.1, 0.15) is 0 Å². The molecule has 0 radical (unpaired) electrons. The molecule has 0 nitrogen and oxygen atoms in total. The molecular weight excluding hydrogens is 180 g/mol. The Morgan fingerprint density at radius 2 is 1.53 bits per heavy atom. The fourth-order valence-electron chi connectivity index (χ4n) is 1.69. The summed E-state index contributed by atoms with van der Waals surface area (Å²) in [4.78, 5) is 0. The van der Waals surface area contributed by atoms with Gasteiger partial charge in [0.15, 0.2) is 0 Å². The first kappa shape index (κ1) is 14.7. The molecule has 15 heavy (non-hydrogen) atoms. The molecule has 0 aliphatic heterocycles. The van der Waals surface area contributed by atoms with E-state index in [9.17, 15) is 0 Å². The summed E-state index contributed by atoms with van der Waals surface area (Å²) < 4.78 is 0. The van der Waals surface area contributed by atoms with Gasteiger partial charge in [-0.1, -0.05) is 59.5 Å². The molecule has 0 aliphatic rings. The Kier molecular flexibility index (Phi) is 7.82. The Morgan fingerprint density at radius 1 is 1.00 bits per heavy atom. The van der Waals surface area contributed by atoms with E-state index in [1.54, 1.807) is 0 Å². The average Bonchev–Trinajstić information content (AvgIpc) is 2.16. The lowest BCUT2D eigenvalue weighted by atomic mass is 9.77. The zero-order chi connectivity index (χ0) is 11.7.